The van der Waals surface area contributed by atoms with Gasteiger partial charge in [0.2, 0.25) is 0 Å². The number of nitrogens with one attached hydrogen (secondary N) is 1. The van der Waals surface area contributed by atoms with Crippen LogP contribution in [0.5, 0.6) is 11.5 Å². The Morgan fingerprint density at radius 2 is 1.75 bits per heavy atom. The number of sulfonamides is 1. The molecule has 0 saturated carbocycles. The number of methoxy groups -OCH3 is 1. The van der Waals surface area contributed by atoms with Crippen molar-refractivity contribution >= 4 is 32.5 Å². The van der Waals surface area contributed by atoms with Crippen molar-refractivity contribution in [3.63, 3.8) is 0 Å². The van der Waals surface area contributed by atoms with Gasteiger partial charge in [-0.05, 0) is 55.0 Å². The molecule has 8 nitrogen and oxygen atoms in total. The molecule has 1 saturated heterocycles. The monoisotopic (exact) mass is 503 g/mol. The number of carbonyl (C=O) groups excluding carboxylic acids is 1. The fraction of sp³-hybridized carbons (Fsp3) is 0.185. The third-order valence-corrected chi connectivity index (χ3v) is 7.50. The van der Waals surface area contributed by atoms with Gasteiger partial charge in [-0.1, -0.05) is 30.3 Å². The molecule has 0 atom stereocenters. The van der Waals surface area contributed by atoms with Crippen molar-refractivity contribution in [1.82, 2.24) is 9.88 Å². The van der Waals surface area contributed by atoms with Crippen LogP contribution in [0.25, 0.3) is 10.9 Å². The van der Waals surface area contributed by atoms with E-state index in [0.717, 1.165) is 5.39 Å². The number of amides is 1. The van der Waals surface area contributed by atoms with Gasteiger partial charge in [0.05, 0.1) is 31.4 Å². The number of pyridine rings is 1. The van der Waals surface area contributed by atoms with E-state index in [1.54, 1.807) is 55.5 Å². The van der Waals surface area contributed by atoms with Gasteiger partial charge in [-0.3, -0.25) is 14.5 Å². The number of hydrogen-bond acceptors (Lipinski definition) is 6. The summed E-state index contributed by atoms with van der Waals surface area (Å²) in [6, 6.07) is 20.9. The van der Waals surface area contributed by atoms with E-state index in [9.17, 15) is 13.2 Å². The number of likely N-dealkylation sites (tertiary alicyclic amines) is 1. The maximum absolute atomic E-state index is 13.1. The first-order valence-electron chi connectivity index (χ1n) is 11.4. The second-order valence-corrected chi connectivity index (χ2v) is 10.2. The predicted octanol–water partition coefficient (Wildman–Crippen LogP) is 4.26. The summed E-state index contributed by atoms with van der Waals surface area (Å²) >= 11 is 0. The molecule has 1 fully saturated rings. The predicted molar refractivity (Wildman–Crippen MR) is 137 cm³/mol. The number of rotatable bonds is 7. The van der Waals surface area contributed by atoms with Crippen LogP contribution in [-0.4, -0.2) is 50.5 Å². The molecule has 1 N–H and O–H groups in total. The Kier molecular flexibility index (Phi) is 6.24. The molecule has 0 bridgehead atoms. The van der Waals surface area contributed by atoms with E-state index in [-0.39, 0.29) is 16.9 Å². The van der Waals surface area contributed by atoms with Crippen molar-refractivity contribution < 1.29 is 22.7 Å². The van der Waals surface area contributed by atoms with E-state index >= 15 is 0 Å². The second kappa shape index (κ2) is 9.50. The highest BCUT2D eigenvalue weighted by atomic mass is 32.2. The molecule has 184 valence electrons. The topological polar surface area (TPSA) is 97.8 Å². The average molecular weight is 504 g/mol. The molecule has 1 aromatic heterocycles. The molecule has 1 aliphatic heterocycles. The molecule has 36 heavy (non-hydrogen) atoms. The van der Waals surface area contributed by atoms with E-state index in [4.69, 9.17) is 9.47 Å². The van der Waals surface area contributed by atoms with Gasteiger partial charge in [0.1, 0.15) is 11.0 Å². The lowest BCUT2D eigenvalue weighted by molar-refractivity contribution is 0.0169. The van der Waals surface area contributed by atoms with Crippen molar-refractivity contribution in [2.24, 2.45) is 0 Å². The third-order valence-electron chi connectivity index (χ3n) is 6.10. The van der Waals surface area contributed by atoms with Gasteiger partial charge in [-0.25, -0.2) is 8.42 Å². The van der Waals surface area contributed by atoms with Crippen molar-refractivity contribution in [3.8, 4) is 11.5 Å². The van der Waals surface area contributed by atoms with Crippen LogP contribution >= 0.6 is 0 Å². The number of carbonyl (C=O) groups is 1. The lowest BCUT2D eigenvalue weighted by atomic mass is 10.1. The number of aromatic nitrogens is 1. The second-order valence-electron chi connectivity index (χ2n) is 8.57. The maximum atomic E-state index is 13.1. The number of nitrogens with zero attached hydrogens (tertiary/aromatic N) is 2. The summed E-state index contributed by atoms with van der Waals surface area (Å²) in [7, 11) is -2.30. The van der Waals surface area contributed by atoms with Crippen molar-refractivity contribution in [1.29, 1.82) is 0 Å². The average Bonchev–Trinajstić information content (AvgIpc) is 2.86. The molecule has 0 spiro atoms. The van der Waals surface area contributed by atoms with E-state index < -0.39 is 10.0 Å². The van der Waals surface area contributed by atoms with Gasteiger partial charge in [-0.15, -0.1) is 0 Å². The standard InChI is InChI=1S/C27H25N3O5S/c1-18-15-20(27(31)30-16-21(17-30)35-24-10-4-3-9-23(24)34-2)12-13-22(18)29-36(32,33)25-11-5-7-19-8-6-14-28-26(19)25/h3-15,21,29H,16-17H2,1-2H3. The van der Waals surface area contributed by atoms with Crippen LogP contribution in [-0.2, 0) is 10.0 Å². The fourth-order valence-corrected chi connectivity index (χ4v) is 5.47. The molecule has 4 aromatic rings. The van der Waals surface area contributed by atoms with Crippen LogP contribution in [0.15, 0.2) is 83.9 Å². The molecule has 9 heteroatoms. The summed E-state index contributed by atoms with van der Waals surface area (Å²) in [6.07, 6.45) is 1.45. The Hall–Kier alpha value is -4.11. The van der Waals surface area contributed by atoms with Crippen molar-refractivity contribution in [2.45, 2.75) is 17.9 Å². The summed E-state index contributed by atoms with van der Waals surface area (Å²) in [5, 5.41) is 0.737. The normalized spacial score (nSPS) is 13.8. The third kappa shape index (κ3) is 4.57. The lowest BCUT2D eigenvalue weighted by Crippen LogP contribution is -2.56. The minimum Gasteiger partial charge on any atom is -0.493 e. The SMILES string of the molecule is COc1ccccc1OC1CN(C(=O)c2ccc(NS(=O)(=O)c3cccc4cccnc34)c(C)c2)C1. The first kappa shape index (κ1) is 23.6. The largest absolute Gasteiger partial charge is 0.493 e. The smallest absolute Gasteiger partial charge is 0.264 e. The Morgan fingerprint density at radius 1 is 1.00 bits per heavy atom. The first-order valence-corrected chi connectivity index (χ1v) is 12.9. The Balaban J connectivity index is 1.27. The molecule has 5 rings (SSSR count). The van der Waals surface area contributed by atoms with Gasteiger partial charge in [-0.2, -0.15) is 0 Å². The Bertz CT molecular complexity index is 1540. The van der Waals surface area contributed by atoms with Gasteiger partial charge < -0.3 is 14.4 Å². The number of fused-ring (bicyclic) bond motifs is 1. The maximum Gasteiger partial charge on any atom is 0.264 e. The highest BCUT2D eigenvalue weighted by Gasteiger charge is 2.33. The van der Waals surface area contributed by atoms with Gasteiger partial charge in [0.15, 0.2) is 11.5 Å². The lowest BCUT2D eigenvalue weighted by Gasteiger charge is -2.39. The number of para-hydroxylation sites is 3. The van der Waals surface area contributed by atoms with Crippen LogP contribution in [0.4, 0.5) is 5.69 Å². The Labute approximate surface area is 209 Å². The van der Waals surface area contributed by atoms with E-state index in [1.165, 1.54) is 6.07 Å². The van der Waals surface area contributed by atoms with Crippen LogP contribution in [0, 0.1) is 6.92 Å². The first-order chi connectivity index (χ1) is 17.4. The Morgan fingerprint density at radius 3 is 2.50 bits per heavy atom. The number of anilines is 1. The number of hydrogen-bond donors (Lipinski definition) is 1. The van der Waals surface area contributed by atoms with Gasteiger partial charge in [0, 0.05) is 17.1 Å². The molecule has 0 radical (unpaired) electrons. The van der Waals surface area contributed by atoms with E-state index in [2.05, 4.69) is 9.71 Å². The van der Waals surface area contributed by atoms with Crippen LogP contribution in [0.3, 0.4) is 0 Å². The zero-order chi connectivity index (χ0) is 25.3. The van der Waals surface area contributed by atoms with E-state index in [0.29, 0.717) is 46.9 Å². The van der Waals surface area contributed by atoms with Gasteiger partial charge >= 0.3 is 0 Å². The summed E-state index contributed by atoms with van der Waals surface area (Å²) in [5.74, 6) is 1.16. The molecule has 1 amide bonds. The zero-order valence-corrected chi connectivity index (χ0v) is 20.7. The molecule has 3 aromatic carbocycles. The highest BCUT2D eigenvalue weighted by molar-refractivity contribution is 7.93. The number of ether oxygens (including phenoxy) is 2. The minimum absolute atomic E-state index is 0.0989. The molecule has 1 aliphatic rings. The number of benzene rings is 3. The molecular formula is C27H25N3O5S. The summed E-state index contributed by atoms with van der Waals surface area (Å²) in [5.41, 5.74) is 1.93. The molecule has 2 heterocycles. The fourth-order valence-electron chi connectivity index (χ4n) is 4.16. The quantitative estimate of drug-likeness (QED) is 0.405. The van der Waals surface area contributed by atoms with Crippen LogP contribution in [0.2, 0.25) is 0 Å². The molecule has 0 aliphatic carbocycles. The summed E-state index contributed by atoms with van der Waals surface area (Å²) in [4.78, 5) is 19.0. The van der Waals surface area contributed by atoms with Crippen molar-refractivity contribution in [3.05, 3.63) is 90.1 Å². The summed E-state index contributed by atoms with van der Waals surface area (Å²) in [6.45, 7) is 2.68. The van der Waals surface area contributed by atoms with Crippen LogP contribution in [0.1, 0.15) is 15.9 Å². The van der Waals surface area contributed by atoms with Gasteiger partial charge in [0.25, 0.3) is 15.9 Å². The highest BCUT2D eigenvalue weighted by Crippen LogP contribution is 2.30. The van der Waals surface area contributed by atoms with E-state index in [1.807, 2.05) is 36.4 Å². The summed E-state index contributed by atoms with van der Waals surface area (Å²) < 4.78 is 40.2. The zero-order valence-electron chi connectivity index (χ0n) is 19.8. The van der Waals surface area contributed by atoms with Crippen LogP contribution < -0.4 is 14.2 Å². The molecular weight excluding hydrogens is 478 g/mol. The number of aryl methyl sites for hydroxylation is 1. The minimum atomic E-state index is -3.88. The molecule has 0 unspecified atom stereocenters. The van der Waals surface area contributed by atoms with Crippen molar-refractivity contribution in [2.75, 3.05) is 24.9 Å².